The van der Waals surface area contributed by atoms with E-state index in [0.29, 0.717) is 18.1 Å². The standard InChI is InChI=1S/C19H20N6O/c1-12-10-24-17(19(21)25-12)16(26)9-13-4-2-5-14(8-13)11-23-15-6-3-7-22-18(15)20/h2-8,10,23H,9,11H2,1H3,(H2,20,22)(H2,21,25). The third-order valence-corrected chi connectivity index (χ3v) is 3.86. The van der Waals surface area contributed by atoms with E-state index in [9.17, 15) is 4.79 Å². The summed E-state index contributed by atoms with van der Waals surface area (Å²) >= 11 is 0. The number of rotatable bonds is 6. The Morgan fingerprint density at radius 2 is 1.88 bits per heavy atom. The maximum absolute atomic E-state index is 12.5. The lowest BCUT2D eigenvalue weighted by Gasteiger charge is -2.10. The first-order valence-electron chi connectivity index (χ1n) is 8.17. The number of hydrogen-bond acceptors (Lipinski definition) is 7. The average molecular weight is 348 g/mol. The van der Waals surface area contributed by atoms with Crippen molar-refractivity contribution in [2.75, 3.05) is 16.8 Å². The van der Waals surface area contributed by atoms with Crippen LogP contribution < -0.4 is 16.8 Å². The van der Waals surface area contributed by atoms with Gasteiger partial charge in [0.1, 0.15) is 11.5 Å². The van der Waals surface area contributed by atoms with E-state index in [0.717, 1.165) is 16.8 Å². The van der Waals surface area contributed by atoms with Gasteiger partial charge in [0.15, 0.2) is 11.6 Å². The highest BCUT2D eigenvalue weighted by Gasteiger charge is 2.14. The van der Waals surface area contributed by atoms with Gasteiger partial charge in [-0.25, -0.2) is 15.0 Å². The second kappa shape index (κ2) is 7.60. The van der Waals surface area contributed by atoms with Crippen LogP contribution in [0.5, 0.6) is 0 Å². The molecule has 0 bridgehead atoms. The van der Waals surface area contributed by atoms with Crippen molar-refractivity contribution in [3.63, 3.8) is 0 Å². The predicted octanol–water partition coefficient (Wildman–Crippen LogP) is 2.38. The fourth-order valence-electron chi connectivity index (χ4n) is 2.59. The van der Waals surface area contributed by atoms with Crippen LogP contribution in [-0.4, -0.2) is 20.7 Å². The van der Waals surface area contributed by atoms with Gasteiger partial charge in [-0.15, -0.1) is 0 Å². The number of carbonyl (C=O) groups is 1. The molecule has 2 heterocycles. The highest BCUT2D eigenvalue weighted by atomic mass is 16.1. The van der Waals surface area contributed by atoms with Crippen LogP contribution in [0.3, 0.4) is 0 Å². The summed E-state index contributed by atoms with van der Waals surface area (Å²) in [6.07, 6.45) is 3.40. The fourth-order valence-corrected chi connectivity index (χ4v) is 2.59. The highest BCUT2D eigenvalue weighted by Crippen LogP contribution is 2.16. The first-order chi connectivity index (χ1) is 12.5. The highest BCUT2D eigenvalue weighted by molar-refractivity contribution is 5.99. The first-order valence-corrected chi connectivity index (χ1v) is 8.17. The number of nitrogens with one attached hydrogen (secondary N) is 1. The van der Waals surface area contributed by atoms with E-state index < -0.39 is 0 Å². The van der Waals surface area contributed by atoms with Crippen LogP contribution >= 0.6 is 0 Å². The predicted molar refractivity (Wildman–Crippen MR) is 102 cm³/mol. The number of nitrogens with two attached hydrogens (primary N) is 2. The quantitative estimate of drug-likeness (QED) is 0.585. The van der Waals surface area contributed by atoms with E-state index in [2.05, 4.69) is 20.3 Å². The van der Waals surface area contributed by atoms with E-state index >= 15 is 0 Å². The zero-order chi connectivity index (χ0) is 18.5. The average Bonchev–Trinajstić information content (AvgIpc) is 2.61. The molecule has 132 valence electrons. The molecule has 2 aromatic heterocycles. The Hall–Kier alpha value is -3.48. The molecule has 1 aromatic carbocycles. The maximum Gasteiger partial charge on any atom is 0.189 e. The third-order valence-electron chi connectivity index (χ3n) is 3.86. The molecule has 0 spiro atoms. The molecule has 0 atom stereocenters. The molecule has 5 N–H and O–H groups in total. The number of aryl methyl sites for hydroxylation is 1. The second-order valence-corrected chi connectivity index (χ2v) is 5.95. The number of benzene rings is 1. The van der Waals surface area contributed by atoms with Crippen molar-refractivity contribution in [3.05, 3.63) is 71.3 Å². The second-order valence-electron chi connectivity index (χ2n) is 5.95. The van der Waals surface area contributed by atoms with Crippen LogP contribution in [0.25, 0.3) is 0 Å². The number of nitrogens with zero attached hydrogens (tertiary/aromatic N) is 3. The minimum Gasteiger partial charge on any atom is -0.382 e. The van der Waals surface area contributed by atoms with E-state index in [1.165, 1.54) is 0 Å². The largest absolute Gasteiger partial charge is 0.382 e. The van der Waals surface area contributed by atoms with Gasteiger partial charge in [-0.2, -0.15) is 0 Å². The molecule has 0 aliphatic rings. The summed E-state index contributed by atoms with van der Waals surface area (Å²) in [6.45, 7) is 2.35. The lowest BCUT2D eigenvalue weighted by atomic mass is 10.0. The lowest BCUT2D eigenvalue weighted by molar-refractivity contribution is 0.0989. The number of ketones is 1. The van der Waals surface area contributed by atoms with Crippen LogP contribution in [0.4, 0.5) is 17.3 Å². The van der Waals surface area contributed by atoms with Gasteiger partial charge in [-0.3, -0.25) is 4.79 Å². The number of Topliss-reactive ketones (excluding diaryl/α,β-unsaturated/α-hetero) is 1. The Balaban J connectivity index is 1.69. The molecule has 0 saturated heterocycles. The van der Waals surface area contributed by atoms with Crippen LogP contribution in [0.15, 0.2) is 48.8 Å². The van der Waals surface area contributed by atoms with Crippen molar-refractivity contribution < 1.29 is 4.79 Å². The Labute approximate surface area is 151 Å². The number of anilines is 3. The van der Waals surface area contributed by atoms with Gasteiger partial charge >= 0.3 is 0 Å². The van der Waals surface area contributed by atoms with Gasteiger partial charge in [0, 0.05) is 25.4 Å². The molecule has 0 aliphatic carbocycles. The third kappa shape index (κ3) is 4.13. The molecule has 0 saturated carbocycles. The molecular weight excluding hydrogens is 328 g/mol. The monoisotopic (exact) mass is 348 g/mol. The minimum absolute atomic E-state index is 0.156. The number of nitrogen functional groups attached to an aromatic ring is 2. The van der Waals surface area contributed by atoms with Crippen molar-refractivity contribution >= 4 is 23.1 Å². The summed E-state index contributed by atoms with van der Waals surface area (Å²) in [5.74, 6) is 0.462. The molecule has 0 radical (unpaired) electrons. The molecule has 0 aliphatic heterocycles. The maximum atomic E-state index is 12.5. The molecular formula is C19H20N6O. The summed E-state index contributed by atoms with van der Waals surface area (Å²) in [4.78, 5) is 24.7. The van der Waals surface area contributed by atoms with Crippen molar-refractivity contribution in [1.82, 2.24) is 15.0 Å². The summed E-state index contributed by atoms with van der Waals surface area (Å²) < 4.78 is 0. The van der Waals surface area contributed by atoms with Gasteiger partial charge in [0.05, 0.1) is 11.4 Å². The Bertz CT molecular complexity index is 941. The number of aromatic nitrogens is 3. The zero-order valence-corrected chi connectivity index (χ0v) is 14.4. The molecule has 0 unspecified atom stereocenters. The van der Waals surface area contributed by atoms with E-state index in [1.807, 2.05) is 36.4 Å². The molecule has 0 amide bonds. The molecule has 7 heteroatoms. The number of carbonyl (C=O) groups excluding carboxylic acids is 1. The van der Waals surface area contributed by atoms with Gasteiger partial charge in [0.2, 0.25) is 0 Å². The summed E-state index contributed by atoms with van der Waals surface area (Å²) in [6, 6.07) is 11.5. The van der Waals surface area contributed by atoms with Crippen LogP contribution in [0.2, 0.25) is 0 Å². The van der Waals surface area contributed by atoms with Crippen molar-refractivity contribution in [1.29, 1.82) is 0 Å². The SMILES string of the molecule is Cc1cnc(C(=O)Cc2cccc(CNc3cccnc3N)c2)c(N)n1. The van der Waals surface area contributed by atoms with Gasteiger partial charge in [-0.1, -0.05) is 24.3 Å². The Morgan fingerprint density at radius 1 is 1.08 bits per heavy atom. The summed E-state index contributed by atoms with van der Waals surface area (Å²) in [7, 11) is 0. The van der Waals surface area contributed by atoms with Crippen molar-refractivity contribution in [2.45, 2.75) is 19.9 Å². The van der Waals surface area contributed by atoms with Gasteiger partial charge < -0.3 is 16.8 Å². The van der Waals surface area contributed by atoms with E-state index in [1.54, 1.807) is 19.3 Å². The molecule has 3 aromatic rings. The summed E-state index contributed by atoms with van der Waals surface area (Å²) in [5, 5.41) is 3.24. The normalized spacial score (nSPS) is 10.5. The molecule has 0 fully saturated rings. The van der Waals surface area contributed by atoms with E-state index in [4.69, 9.17) is 11.5 Å². The van der Waals surface area contributed by atoms with Crippen LogP contribution in [-0.2, 0) is 13.0 Å². The number of pyridine rings is 1. The van der Waals surface area contributed by atoms with Crippen LogP contribution in [0, 0.1) is 6.92 Å². The van der Waals surface area contributed by atoms with Crippen LogP contribution in [0.1, 0.15) is 27.3 Å². The van der Waals surface area contributed by atoms with Crippen molar-refractivity contribution in [3.8, 4) is 0 Å². The summed E-state index contributed by atoms with van der Waals surface area (Å²) in [5.41, 5.74) is 15.2. The van der Waals surface area contributed by atoms with Crippen molar-refractivity contribution in [2.24, 2.45) is 0 Å². The topological polar surface area (TPSA) is 120 Å². The lowest BCUT2D eigenvalue weighted by Crippen LogP contribution is -2.12. The zero-order valence-electron chi connectivity index (χ0n) is 14.4. The first kappa shape index (κ1) is 17.3. The minimum atomic E-state index is -0.156. The molecule has 26 heavy (non-hydrogen) atoms. The molecule has 3 rings (SSSR count). The van der Waals surface area contributed by atoms with E-state index in [-0.39, 0.29) is 23.7 Å². The fraction of sp³-hybridized carbons (Fsp3) is 0.158. The Kier molecular flexibility index (Phi) is 5.07. The smallest absolute Gasteiger partial charge is 0.189 e. The Morgan fingerprint density at radius 3 is 2.65 bits per heavy atom. The van der Waals surface area contributed by atoms with Gasteiger partial charge in [-0.05, 0) is 30.2 Å². The van der Waals surface area contributed by atoms with Gasteiger partial charge in [0.25, 0.3) is 0 Å². The molecule has 7 nitrogen and oxygen atoms in total. The number of hydrogen-bond donors (Lipinski definition) is 3.